The number of aliphatic imine (C=N–C) groups is 2. The number of hydrogen-bond donors (Lipinski definition) is 3. The number of nitrogens with one attached hydrogen (secondary N) is 1. The Morgan fingerprint density at radius 2 is 1.04 bits per heavy atom. The van der Waals surface area contributed by atoms with Gasteiger partial charge in [-0.05, 0) is 90.5 Å². The maximum Gasteiger partial charge on any atom is 0.300 e. The van der Waals surface area contributed by atoms with Gasteiger partial charge in [0.2, 0.25) is 0 Å². The van der Waals surface area contributed by atoms with Crippen LogP contribution in [0.1, 0.15) is 95.2 Å². The number of rotatable bonds is 2. The van der Waals surface area contributed by atoms with Crippen LogP contribution in [0, 0.1) is 5.92 Å². The van der Waals surface area contributed by atoms with Crippen molar-refractivity contribution < 1.29 is 14.7 Å². The summed E-state index contributed by atoms with van der Waals surface area (Å²) in [5.74, 6) is 4.97. The number of anilines is 1. The van der Waals surface area contributed by atoms with Gasteiger partial charge < -0.3 is 10.5 Å². The normalized spacial score (nSPS) is 13.8. The van der Waals surface area contributed by atoms with Gasteiger partial charge in [-0.1, -0.05) is 74.6 Å². The molecule has 6 aromatic rings. The fraction of sp³-hybridized carbons (Fsp3) is 0.349. The predicted molar refractivity (Wildman–Crippen MR) is 237 cm³/mol. The second-order valence-electron chi connectivity index (χ2n) is 13.8. The Balaban J connectivity index is 0.000000243. The summed E-state index contributed by atoms with van der Waals surface area (Å²) < 4.78 is 3.94. The van der Waals surface area contributed by atoms with Crippen LogP contribution in [-0.4, -0.2) is 28.3 Å². The lowest BCUT2D eigenvalue weighted by Gasteiger charge is -2.19. The van der Waals surface area contributed by atoms with Crippen LogP contribution >= 0.6 is 34.0 Å². The van der Waals surface area contributed by atoms with E-state index in [0.29, 0.717) is 0 Å². The van der Waals surface area contributed by atoms with E-state index in [9.17, 15) is 4.79 Å². The van der Waals surface area contributed by atoms with Gasteiger partial charge >= 0.3 is 0 Å². The molecule has 3 aromatic carbocycles. The summed E-state index contributed by atoms with van der Waals surface area (Å²) in [7, 11) is 0. The van der Waals surface area contributed by atoms with E-state index < -0.39 is 5.97 Å². The molecule has 0 spiro atoms. The number of thiophene rings is 3. The molecule has 53 heavy (non-hydrogen) atoms. The molecular formula is C43H56N4O3S3. The summed E-state index contributed by atoms with van der Waals surface area (Å²) in [4.78, 5) is 28.6. The molecule has 0 radical (unpaired) electrons. The average Bonchev–Trinajstić information content (AvgIpc) is 3.90. The van der Waals surface area contributed by atoms with Crippen LogP contribution in [0.25, 0.3) is 30.3 Å². The lowest BCUT2D eigenvalue weighted by atomic mass is 9.82. The van der Waals surface area contributed by atoms with Crippen LogP contribution in [-0.2, 0) is 20.4 Å². The molecule has 3 aromatic heterocycles. The van der Waals surface area contributed by atoms with Crippen molar-refractivity contribution in [1.29, 1.82) is 0 Å². The van der Waals surface area contributed by atoms with Crippen molar-refractivity contribution in [3.8, 4) is 0 Å². The van der Waals surface area contributed by atoms with Crippen molar-refractivity contribution in [3.05, 3.63) is 87.9 Å². The van der Waals surface area contributed by atoms with Gasteiger partial charge in [0.25, 0.3) is 5.97 Å². The lowest BCUT2D eigenvalue weighted by molar-refractivity contribution is -0.134. The predicted octanol–water partition coefficient (Wildman–Crippen LogP) is 13.4. The first kappa shape index (κ1) is 44.9. The Labute approximate surface area is 327 Å². The summed E-state index contributed by atoms with van der Waals surface area (Å²) in [6.07, 6.45) is 0. The topological polar surface area (TPSA) is 117 Å². The smallest absolute Gasteiger partial charge is 0.300 e. The number of carboxylic acids is 1. The zero-order chi connectivity index (χ0) is 37.7. The highest BCUT2D eigenvalue weighted by Crippen LogP contribution is 2.46. The molecule has 2 aliphatic rings. The Bertz CT molecular complexity index is 2130. The minimum Gasteiger partial charge on any atom is -0.481 e. The highest BCUT2D eigenvalue weighted by Gasteiger charge is 2.34. The Hall–Kier alpha value is -4.22. The number of fused-ring (bicyclic) bond motifs is 7. The molecule has 0 bridgehead atoms. The molecule has 0 saturated heterocycles. The van der Waals surface area contributed by atoms with E-state index >= 15 is 0 Å². The molecule has 0 saturated carbocycles. The summed E-state index contributed by atoms with van der Waals surface area (Å²) >= 11 is 5.29. The molecule has 0 amide bonds. The number of nitrogens with two attached hydrogens (primary N) is 1. The van der Waals surface area contributed by atoms with Crippen LogP contribution in [0.2, 0.25) is 0 Å². The zero-order valence-corrected chi connectivity index (χ0v) is 33.5. The number of carbonyl (C=O) groups excluding carboxylic acids is 1. The summed E-state index contributed by atoms with van der Waals surface area (Å²) in [6, 6.07) is 21.4. The zero-order valence-electron chi connectivity index (χ0n) is 31.0. The van der Waals surface area contributed by atoms with E-state index in [1.807, 2.05) is 26.0 Å². The first-order valence-electron chi connectivity index (χ1n) is 16.8. The van der Waals surface area contributed by atoms with Gasteiger partial charge in [0.05, 0.1) is 17.1 Å². The van der Waals surface area contributed by atoms with Crippen LogP contribution in [0.15, 0.2) is 86.8 Å². The highest BCUT2D eigenvalue weighted by atomic mass is 32.1. The van der Waals surface area contributed by atoms with Gasteiger partial charge in [-0.2, -0.15) is 0 Å². The lowest BCUT2D eigenvalue weighted by Crippen LogP contribution is -2.22. The number of hydrazine groups is 1. The van der Waals surface area contributed by atoms with E-state index in [4.69, 9.17) is 25.7 Å². The van der Waals surface area contributed by atoms with Crippen LogP contribution < -0.4 is 11.3 Å². The Kier molecular flexibility index (Phi) is 15.9. The minimum absolute atomic E-state index is 0. The van der Waals surface area contributed by atoms with E-state index in [-0.39, 0.29) is 37.4 Å². The third kappa shape index (κ3) is 10.1. The van der Waals surface area contributed by atoms with Crippen molar-refractivity contribution in [2.45, 2.75) is 94.9 Å². The number of Topliss-reactive ketones (excluding diaryl/α,β-unsaturated/α-hetero) is 1. The molecule has 8 rings (SSSR count). The summed E-state index contributed by atoms with van der Waals surface area (Å²) in [5.41, 5.74) is 11.4. The molecule has 0 atom stereocenters. The quantitative estimate of drug-likeness (QED) is 0.120. The SMILES string of the molecule is C.C.CC(=O)C(C)C.CC(=O)O.CC1=Nc2c(ccc3sccc23)C1(C)C.CC1=Nc2c(ccc3sccc23)C1(C)C.NNc1cccc2sccc12. The maximum atomic E-state index is 10.1. The minimum atomic E-state index is -0.833. The number of hydrogen-bond acceptors (Lipinski definition) is 9. The number of benzene rings is 3. The molecule has 7 nitrogen and oxygen atoms in total. The molecule has 4 N–H and O–H groups in total. The van der Waals surface area contributed by atoms with Gasteiger partial charge in [-0.15, -0.1) is 34.0 Å². The molecule has 10 heteroatoms. The average molecular weight is 773 g/mol. The van der Waals surface area contributed by atoms with Crippen LogP contribution in [0.5, 0.6) is 0 Å². The van der Waals surface area contributed by atoms with Gasteiger partial charge in [0.1, 0.15) is 5.78 Å². The van der Waals surface area contributed by atoms with Crippen molar-refractivity contribution >= 4 is 105 Å². The summed E-state index contributed by atoms with van der Waals surface area (Å²) in [6.45, 7) is 19.7. The van der Waals surface area contributed by atoms with Gasteiger partial charge in [0, 0.05) is 65.4 Å². The molecule has 0 fully saturated rings. The first-order valence-corrected chi connectivity index (χ1v) is 19.4. The largest absolute Gasteiger partial charge is 0.481 e. The third-order valence-electron chi connectivity index (χ3n) is 9.39. The van der Waals surface area contributed by atoms with Crippen LogP contribution in [0.4, 0.5) is 17.1 Å². The van der Waals surface area contributed by atoms with Crippen molar-refractivity contribution in [2.75, 3.05) is 5.43 Å². The maximum absolute atomic E-state index is 10.1. The Morgan fingerprint density at radius 1 is 0.679 bits per heavy atom. The van der Waals surface area contributed by atoms with E-state index in [1.165, 1.54) is 64.2 Å². The molecule has 2 aliphatic heterocycles. The molecule has 5 heterocycles. The van der Waals surface area contributed by atoms with E-state index in [2.05, 4.69) is 112 Å². The fourth-order valence-corrected chi connectivity index (χ4v) is 7.82. The number of aliphatic carboxylic acids is 1. The van der Waals surface area contributed by atoms with Gasteiger partial charge in [-0.25, -0.2) is 0 Å². The first-order chi connectivity index (χ1) is 24.0. The Morgan fingerprint density at radius 3 is 1.40 bits per heavy atom. The van der Waals surface area contributed by atoms with E-state index in [1.54, 1.807) is 40.9 Å². The molecule has 0 unspecified atom stereocenters. The van der Waals surface area contributed by atoms with Crippen molar-refractivity contribution in [3.63, 3.8) is 0 Å². The molecule has 284 valence electrons. The third-order valence-corrected chi connectivity index (χ3v) is 12.0. The number of carbonyl (C=O) groups is 2. The van der Waals surface area contributed by atoms with Crippen LogP contribution in [0.3, 0.4) is 0 Å². The summed E-state index contributed by atoms with van der Waals surface area (Å²) in [5, 5.41) is 17.6. The van der Waals surface area contributed by atoms with Crippen molar-refractivity contribution in [2.24, 2.45) is 21.7 Å². The van der Waals surface area contributed by atoms with E-state index in [0.717, 1.165) is 12.6 Å². The molecular weight excluding hydrogens is 717 g/mol. The highest BCUT2D eigenvalue weighted by molar-refractivity contribution is 7.17. The van der Waals surface area contributed by atoms with Crippen molar-refractivity contribution in [1.82, 2.24) is 0 Å². The van der Waals surface area contributed by atoms with Gasteiger partial charge in [0.15, 0.2) is 0 Å². The molecule has 0 aliphatic carbocycles. The fourth-order valence-electron chi connectivity index (χ4n) is 5.43. The monoisotopic (exact) mass is 772 g/mol. The number of carboxylic acid groups (broad SMARTS) is 1. The standard InChI is InChI=1S/2C13H13NS.C8H8N2S.C5H10O.C2H4O2.2CH4/c2*1-8-13(2,3)10-4-5-11-9(6-7-15-11)12(10)14-8;9-10-7-2-1-3-8-6(7)4-5-11-8;1-4(2)5(3)6;1-2(3)4;;/h2*4-7H,1-3H3;1-5,10H,9H2;4H,1-3H3;1H3,(H,3,4);2*1H4. The number of nitrogen functional groups attached to an aromatic ring is 1. The second-order valence-corrected chi connectivity index (χ2v) is 16.6. The number of ketones is 1. The number of nitrogens with zero attached hydrogens (tertiary/aromatic N) is 2. The second kappa shape index (κ2) is 18.7. The van der Waals surface area contributed by atoms with Gasteiger partial charge in [-0.3, -0.25) is 25.4 Å².